The smallest absolute Gasteiger partial charge is 0.170 e. The van der Waals surface area contributed by atoms with Gasteiger partial charge in [0.05, 0.1) is 17.8 Å². The first-order valence-corrected chi connectivity index (χ1v) is 11.2. The molecule has 1 saturated carbocycles. The van der Waals surface area contributed by atoms with Gasteiger partial charge < -0.3 is 14.8 Å². The zero-order valence-electron chi connectivity index (χ0n) is 17.0. The molecule has 1 aliphatic heterocycles. The van der Waals surface area contributed by atoms with Crippen LogP contribution in [-0.4, -0.2) is 24.5 Å². The Kier molecular flexibility index (Phi) is 5.49. The first-order valence-electron chi connectivity index (χ1n) is 10.8. The van der Waals surface area contributed by atoms with Crippen LogP contribution in [0.5, 0.6) is 0 Å². The number of pyridine rings is 2. The molecule has 4 heterocycles. The Bertz CT molecular complexity index is 981. The van der Waals surface area contributed by atoms with Gasteiger partial charge in [-0.1, -0.05) is 31.4 Å². The second-order valence-corrected chi connectivity index (χ2v) is 8.69. The Labute approximate surface area is 183 Å². The van der Waals surface area contributed by atoms with Crippen molar-refractivity contribution < 1.29 is 0 Å². The maximum Gasteiger partial charge on any atom is 0.170 e. The van der Waals surface area contributed by atoms with E-state index >= 15 is 0 Å². The minimum Gasteiger partial charge on any atom is -0.352 e. The molecule has 0 unspecified atom stereocenters. The van der Waals surface area contributed by atoms with Gasteiger partial charge in [0.25, 0.3) is 0 Å². The van der Waals surface area contributed by atoms with Crippen LogP contribution >= 0.6 is 12.2 Å². The number of hydrogen-bond acceptors (Lipinski definition) is 3. The van der Waals surface area contributed by atoms with Gasteiger partial charge in [0.15, 0.2) is 5.11 Å². The van der Waals surface area contributed by atoms with Crippen LogP contribution in [0.15, 0.2) is 67.4 Å². The Morgan fingerprint density at radius 3 is 2.70 bits per heavy atom. The van der Waals surface area contributed by atoms with Gasteiger partial charge in [0.1, 0.15) is 0 Å². The zero-order chi connectivity index (χ0) is 20.3. The highest BCUT2D eigenvalue weighted by Crippen LogP contribution is 2.40. The summed E-state index contributed by atoms with van der Waals surface area (Å²) in [6, 6.07) is 13.2. The lowest BCUT2D eigenvalue weighted by molar-refractivity contribution is 0.308. The van der Waals surface area contributed by atoms with E-state index in [9.17, 15) is 0 Å². The number of nitrogens with zero attached hydrogens (tertiary/aromatic N) is 4. The number of rotatable bonds is 5. The predicted octanol–water partition coefficient (Wildman–Crippen LogP) is 4.96. The van der Waals surface area contributed by atoms with Crippen molar-refractivity contribution in [3.8, 4) is 0 Å². The quantitative estimate of drug-likeness (QED) is 0.595. The summed E-state index contributed by atoms with van der Waals surface area (Å²) in [5, 5.41) is 4.31. The summed E-state index contributed by atoms with van der Waals surface area (Å²) in [6.07, 6.45) is 16.8. The van der Waals surface area contributed by atoms with Crippen LogP contribution in [-0.2, 0) is 6.54 Å². The van der Waals surface area contributed by atoms with Crippen molar-refractivity contribution in [2.24, 2.45) is 0 Å². The van der Waals surface area contributed by atoms with E-state index in [0.717, 1.165) is 22.9 Å². The average molecular weight is 418 g/mol. The summed E-state index contributed by atoms with van der Waals surface area (Å²) in [5.41, 5.74) is 3.46. The molecule has 0 radical (unpaired) electrons. The van der Waals surface area contributed by atoms with Crippen LogP contribution < -0.4 is 5.32 Å². The second-order valence-electron chi connectivity index (χ2n) is 8.30. The van der Waals surface area contributed by atoms with Crippen molar-refractivity contribution in [2.75, 3.05) is 0 Å². The maximum absolute atomic E-state index is 5.79. The number of hydrogen-bond donors (Lipinski definition) is 1. The molecule has 0 bridgehead atoms. The molecular formula is C24H27N5S. The van der Waals surface area contributed by atoms with E-state index < -0.39 is 0 Å². The lowest BCUT2D eigenvalue weighted by Gasteiger charge is -2.27. The monoisotopic (exact) mass is 417 g/mol. The van der Waals surface area contributed by atoms with Crippen LogP contribution in [0.1, 0.15) is 67.1 Å². The normalized spacial score (nSPS) is 22.3. The van der Waals surface area contributed by atoms with Gasteiger partial charge in [-0.05, 0) is 60.5 Å². The first kappa shape index (κ1) is 19.2. The molecule has 0 spiro atoms. The number of nitrogens with one attached hydrogen (secondary N) is 1. The molecule has 1 aliphatic carbocycles. The van der Waals surface area contributed by atoms with Crippen molar-refractivity contribution >= 4 is 17.3 Å². The van der Waals surface area contributed by atoms with E-state index in [1.807, 2.05) is 36.8 Å². The maximum atomic E-state index is 5.79. The molecule has 0 amide bonds. The standard InChI is InChI=1S/C24H27N5S/c30-24-27-22(21-10-4-5-13-26-21)23(29(24)16-18-7-6-12-25-15-18)19-11-14-28(17-19)20-8-2-1-3-9-20/h4-7,10-15,17,20,22-23H,1-3,8-9,16H2,(H,27,30)/t22-,23+/m0/s1. The third-order valence-corrected chi connectivity index (χ3v) is 6.70. The molecule has 6 heteroatoms. The van der Waals surface area contributed by atoms with Gasteiger partial charge in [0, 0.05) is 43.6 Å². The van der Waals surface area contributed by atoms with E-state index in [1.165, 1.54) is 37.7 Å². The SMILES string of the molecule is S=C1N[C@@H](c2ccccn2)[C@@H](c2ccn(C3CCCCC3)c2)N1Cc1cccnc1. The summed E-state index contributed by atoms with van der Waals surface area (Å²) >= 11 is 5.79. The van der Waals surface area contributed by atoms with E-state index in [4.69, 9.17) is 12.2 Å². The first-order chi connectivity index (χ1) is 14.8. The van der Waals surface area contributed by atoms with Gasteiger partial charge in [-0.25, -0.2) is 0 Å². The van der Waals surface area contributed by atoms with Gasteiger partial charge in [-0.15, -0.1) is 0 Å². The fourth-order valence-electron chi connectivity index (χ4n) is 4.84. The van der Waals surface area contributed by atoms with E-state index in [-0.39, 0.29) is 12.1 Å². The Hall–Kier alpha value is -2.73. The van der Waals surface area contributed by atoms with E-state index in [1.54, 1.807) is 0 Å². The third-order valence-electron chi connectivity index (χ3n) is 6.35. The fraction of sp³-hybridized carbons (Fsp3) is 0.375. The third kappa shape index (κ3) is 3.84. The Morgan fingerprint density at radius 2 is 1.93 bits per heavy atom. The van der Waals surface area contributed by atoms with E-state index in [0.29, 0.717) is 6.04 Å². The summed E-state index contributed by atoms with van der Waals surface area (Å²) in [6.45, 7) is 0.724. The molecule has 5 nitrogen and oxygen atoms in total. The summed E-state index contributed by atoms with van der Waals surface area (Å²) in [7, 11) is 0. The minimum absolute atomic E-state index is 0.0255. The van der Waals surface area contributed by atoms with Crippen LogP contribution in [0.25, 0.3) is 0 Å². The van der Waals surface area contributed by atoms with Crippen molar-refractivity contribution in [1.82, 2.24) is 24.8 Å². The van der Waals surface area contributed by atoms with Crippen molar-refractivity contribution in [2.45, 2.75) is 56.8 Å². The molecule has 1 saturated heterocycles. The molecule has 30 heavy (non-hydrogen) atoms. The lowest BCUT2D eigenvalue weighted by atomic mass is 9.95. The number of aromatic nitrogens is 3. The number of thiocarbonyl (C=S) groups is 1. The van der Waals surface area contributed by atoms with Gasteiger partial charge in [0.2, 0.25) is 0 Å². The van der Waals surface area contributed by atoms with E-state index in [2.05, 4.69) is 55.3 Å². The minimum atomic E-state index is 0.0255. The molecule has 5 rings (SSSR count). The van der Waals surface area contributed by atoms with Crippen molar-refractivity contribution in [3.63, 3.8) is 0 Å². The molecule has 3 aromatic heterocycles. The topological polar surface area (TPSA) is 46.0 Å². The molecule has 2 aliphatic rings. The van der Waals surface area contributed by atoms with Gasteiger partial charge in [-0.3, -0.25) is 9.97 Å². The Balaban J connectivity index is 1.49. The molecule has 2 fully saturated rings. The molecular weight excluding hydrogens is 390 g/mol. The van der Waals surface area contributed by atoms with Crippen LogP contribution in [0.3, 0.4) is 0 Å². The summed E-state index contributed by atoms with van der Waals surface area (Å²) in [4.78, 5) is 11.2. The second kappa shape index (κ2) is 8.56. The lowest BCUT2D eigenvalue weighted by Crippen LogP contribution is -2.29. The fourth-order valence-corrected chi connectivity index (χ4v) is 5.14. The van der Waals surface area contributed by atoms with Crippen molar-refractivity contribution in [3.05, 3.63) is 84.2 Å². The van der Waals surface area contributed by atoms with Crippen LogP contribution in [0.4, 0.5) is 0 Å². The largest absolute Gasteiger partial charge is 0.352 e. The molecule has 3 aromatic rings. The molecule has 2 atom stereocenters. The highest BCUT2D eigenvalue weighted by Gasteiger charge is 2.40. The highest BCUT2D eigenvalue weighted by atomic mass is 32.1. The zero-order valence-corrected chi connectivity index (χ0v) is 17.8. The Morgan fingerprint density at radius 1 is 1.03 bits per heavy atom. The van der Waals surface area contributed by atoms with Crippen LogP contribution in [0.2, 0.25) is 0 Å². The molecule has 1 N–H and O–H groups in total. The molecule has 154 valence electrons. The van der Waals surface area contributed by atoms with Crippen LogP contribution in [0, 0.1) is 0 Å². The van der Waals surface area contributed by atoms with Gasteiger partial charge in [-0.2, -0.15) is 0 Å². The average Bonchev–Trinajstić information content (AvgIpc) is 3.41. The van der Waals surface area contributed by atoms with Gasteiger partial charge >= 0.3 is 0 Å². The summed E-state index contributed by atoms with van der Waals surface area (Å²) in [5.74, 6) is 0. The highest BCUT2D eigenvalue weighted by molar-refractivity contribution is 7.80. The predicted molar refractivity (Wildman–Crippen MR) is 122 cm³/mol. The summed E-state index contributed by atoms with van der Waals surface area (Å²) < 4.78 is 2.42. The molecule has 0 aromatic carbocycles. The van der Waals surface area contributed by atoms with Crippen molar-refractivity contribution in [1.29, 1.82) is 0 Å².